The highest BCUT2D eigenvalue weighted by Gasteiger charge is 2.30. The summed E-state index contributed by atoms with van der Waals surface area (Å²) in [6.45, 7) is 0.722. The van der Waals surface area contributed by atoms with Gasteiger partial charge >= 0.3 is 0 Å². The Morgan fingerprint density at radius 2 is 1.94 bits per heavy atom. The number of pyridine rings is 1. The second-order valence-electron chi connectivity index (χ2n) is 9.68. The Kier molecular flexibility index (Phi) is 5.91. The molecule has 1 amide bonds. The van der Waals surface area contributed by atoms with Gasteiger partial charge in [-0.3, -0.25) is 4.79 Å². The minimum atomic E-state index is -0.446. The molecule has 1 atom stereocenters. The molecule has 1 saturated heterocycles. The van der Waals surface area contributed by atoms with Gasteiger partial charge in [0.2, 0.25) is 0 Å². The fourth-order valence-corrected chi connectivity index (χ4v) is 5.68. The Morgan fingerprint density at radius 3 is 2.75 bits per heavy atom. The molecular weight excluding hydrogens is 464 g/mol. The lowest BCUT2D eigenvalue weighted by atomic mass is 9.86. The van der Waals surface area contributed by atoms with Gasteiger partial charge in [0.1, 0.15) is 17.9 Å². The Labute approximate surface area is 207 Å². The quantitative estimate of drug-likeness (QED) is 0.405. The van der Waals surface area contributed by atoms with E-state index in [0.29, 0.717) is 22.6 Å². The lowest BCUT2D eigenvalue weighted by Crippen LogP contribution is -2.37. The molecule has 4 aromatic rings. The molecule has 1 aromatic carbocycles. The fraction of sp³-hybridized carbons (Fsp3) is 0.370. The van der Waals surface area contributed by atoms with E-state index < -0.39 is 11.6 Å². The molecule has 7 nitrogen and oxygen atoms in total. The summed E-state index contributed by atoms with van der Waals surface area (Å²) in [4.78, 5) is 19.5. The monoisotopic (exact) mass is 491 g/mol. The van der Waals surface area contributed by atoms with Crippen LogP contribution in [0.5, 0.6) is 0 Å². The molecule has 2 aliphatic rings. The summed E-state index contributed by atoms with van der Waals surface area (Å²) < 4.78 is 35.5. The molecule has 1 saturated carbocycles. The van der Waals surface area contributed by atoms with Crippen molar-refractivity contribution >= 4 is 17.1 Å². The molecule has 0 spiro atoms. The lowest BCUT2D eigenvalue weighted by Gasteiger charge is -2.28. The summed E-state index contributed by atoms with van der Waals surface area (Å²) >= 11 is 0. The molecule has 0 radical (unpaired) electrons. The van der Waals surface area contributed by atoms with Crippen LogP contribution in [0.2, 0.25) is 0 Å². The van der Waals surface area contributed by atoms with Crippen LogP contribution in [0.3, 0.4) is 0 Å². The number of hydrogen-bond donors (Lipinski definition) is 1. The van der Waals surface area contributed by atoms with Crippen molar-refractivity contribution in [3.8, 4) is 0 Å². The molecule has 3 aromatic heterocycles. The van der Waals surface area contributed by atoms with Crippen molar-refractivity contribution in [3.05, 3.63) is 83.8 Å². The number of fused-ring (bicyclic) bond motifs is 1. The first-order chi connectivity index (χ1) is 17.6. The van der Waals surface area contributed by atoms with Gasteiger partial charge in [-0.15, -0.1) is 0 Å². The van der Waals surface area contributed by atoms with Crippen molar-refractivity contribution in [2.45, 2.75) is 56.5 Å². The van der Waals surface area contributed by atoms with Crippen LogP contribution in [-0.2, 0) is 0 Å². The second-order valence-corrected chi connectivity index (χ2v) is 9.68. The average Bonchev–Trinajstić information content (AvgIpc) is 3.66. The smallest absolute Gasteiger partial charge is 0.255 e. The highest BCUT2D eigenvalue weighted by atomic mass is 19.1. The lowest BCUT2D eigenvalue weighted by molar-refractivity contribution is 0.0926. The molecule has 1 N–H and O–H groups in total. The van der Waals surface area contributed by atoms with Crippen LogP contribution in [0.4, 0.5) is 14.5 Å². The van der Waals surface area contributed by atoms with E-state index in [9.17, 15) is 13.6 Å². The molecule has 9 heteroatoms. The largest absolute Gasteiger partial charge is 0.449 e. The van der Waals surface area contributed by atoms with E-state index in [-0.39, 0.29) is 18.0 Å². The Bertz CT molecular complexity index is 1380. The van der Waals surface area contributed by atoms with E-state index >= 15 is 0 Å². The Balaban J connectivity index is 1.20. The van der Waals surface area contributed by atoms with Crippen LogP contribution < -0.4 is 10.2 Å². The predicted octanol–water partition coefficient (Wildman–Crippen LogP) is 5.40. The van der Waals surface area contributed by atoms with Crippen LogP contribution in [0, 0.1) is 11.6 Å². The SMILES string of the molecule is O=C(NC1CCC(c2ncco2)CC1)c1cnn2ccc(N3CCC[C@@H]3c3cc(F)ccc3F)cc12. The van der Waals surface area contributed by atoms with Crippen LogP contribution in [0.1, 0.15) is 72.3 Å². The van der Waals surface area contributed by atoms with Gasteiger partial charge in [-0.2, -0.15) is 5.10 Å². The zero-order valence-corrected chi connectivity index (χ0v) is 19.7. The maximum Gasteiger partial charge on any atom is 0.255 e. The zero-order chi connectivity index (χ0) is 24.6. The van der Waals surface area contributed by atoms with Gasteiger partial charge < -0.3 is 14.6 Å². The minimum absolute atomic E-state index is 0.0840. The molecule has 186 valence electrons. The van der Waals surface area contributed by atoms with Crippen LogP contribution in [0.15, 0.2) is 59.6 Å². The van der Waals surface area contributed by atoms with Crippen LogP contribution in [0.25, 0.3) is 5.52 Å². The molecule has 2 fully saturated rings. The number of amides is 1. The number of hydrogen-bond acceptors (Lipinski definition) is 5. The third-order valence-corrected chi connectivity index (χ3v) is 7.51. The zero-order valence-electron chi connectivity index (χ0n) is 19.7. The Hall–Kier alpha value is -3.75. The normalized spacial score (nSPS) is 22.3. The van der Waals surface area contributed by atoms with Crippen molar-refractivity contribution in [2.24, 2.45) is 0 Å². The summed E-state index contributed by atoms with van der Waals surface area (Å²) in [7, 11) is 0. The molecular formula is C27H27F2N5O2. The van der Waals surface area contributed by atoms with Gasteiger partial charge in [0.05, 0.1) is 29.5 Å². The molecule has 6 rings (SSSR count). The minimum Gasteiger partial charge on any atom is -0.449 e. The topological polar surface area (TPSA) is 75.7 Å². The summed E-state index contributed by atoms with van der Waals surface area (Å²) in [5.41, 5.74) is 2.40. The number of nitrogens with one attached hydrogen (secondary N) is 1. The number of carbonyl (C=O) groups excluding carboxylic acids is 1. The summed E-state index contributed by atoms with van der Waals surface area (Å²) in [6.07, 6.45) is 11.8. The van der Waals surface area contributed by atoms with Gasteiger partial charge in [-0.1, -0.05) is 0 Å². The van der Waals surface area contributed by atoms with E-state index in [1.165, 1.54) is 12.1 Å². The molecule has 0 bridgehead atoms. The van der Waals surface area contributed by atoms with E-state index in [1.807, 2.05) is 12.1 Å². The van der Waals surface area contributed by atoms with Gasteiger partial charge in [0.25, 0.3) is 5.91 Å². The van der Waals surface area contributed by atoms with Crippen molar-refractivity contribution in [3.63, 3.8) is 0 Å². The third-order valence-electron chi connectivity index (χ3n) is 7.51. The van der Waals surface area contributed by atoms with Gasteiger partial charge in [0.15, 0.2) is 5.89 Å². The van der Waals surface area contributed by atoms with Crippen molar-refractivity contribution in [2.75, 3.05) is 11.4 Å². The molecule has 36 heavy (non-hydrogen) atoms. The van der Waals surface area contributed by atoms with Crippen molar-refractivity contribution in [1.29, 1.82) is 0 Å². The summed E-state index contributed by atoms with van der Waals surface area (Å²) in [5.74, 6) is 0.0578. The van der Waals surface area contributed by atoms with Crippen molar-refractivity contribution in [1.82, 2.24) is 19.9 Å². The van der Waals surface area contributed by atoms with E-state index in [2.05, 4.69) is 20.3 Å². The summed E-state index contributed by atoms with van der Waals surface area (Å²) in [5, 5.41) is 7.52. The number of halogens is 2. The van der Waals surface area contributed by atoms with Crippen LogP contribution in [-0.4, -0.2) is 33.1 Å². The first kappa shape index (κ1) is 22.7. The Morgan fingerprint density at radius 1 is 1.08 bits per heavy atom. The number of aromatic nitrogens is 3. The highest BCUT2D eigenvalue weighted by Crippen LogP contribution is 2.38. The maximum absolute atomic E-state index is 14.5. The van der Waals surface area contributed by atoms with Gasteiger partial charge in [0, 0.05) is 36.0 Å². The van der Waals surface area contributed by atoms with Crippen molar-refractivity contribution < 1.29 is 18.0 Å². The average molecular weight is 492 g/mol. The summed E-state index contributed by atoms with van der Waals surface area (Å²) in [6, 6.07) is 7.25. The number of anilines is 1. The van der Waals surface area contributed by atoms with Crippen LogP contribution >= 0.6 is 0 Å². The number of benzene rings is 1. The fourth-order valence-electron chi connectivity index (χ4n) is 5.68. The number of rotatable bonds is 5. The predicted molar refractivity (Wildman–Crippen MR) is 130 cm³/mol. The molecule has 1 aliphatic carbocycles. The first-order valence-electron chi connectivity index (χ1n) is 12.5. The molecule has 1 aliphatic heterocycles. The van der Waals surface area contributed by atoms with E-state index in [0.717, 1.165) is 62.7 Å². The molecule has 0 unspecified atom stereocenters. The first-order valence-corrected chi connectivity index (χ1v) is 12.5. The van der Waals surface area contributed by atoms with E-state index in [1.54, 1.807) is 29.4 Å². The van der Waals surface area contributed by atoms with Gasteiger partial charge in [-0.05, 0) is 68.9 Å². The van der Waals surface area contributed by atoms with Gasteiger partial charge in [-0.25, -0.2) is 18.3 Å². The van der Waals surface area contributed by atoms with E-state index in [4.69, 9.17) is 4.42 Å². The number of oxazole rings is 1. The standard InChI is InChI=1S/C27H27F2N5O2/c28-18-5-8-23(29)21(14-18)24-2-1-11-33(24)20-9-12-34-25(15-20)22(16-31-34)26(35)32-19-6-3-17(4-7-19)27-30-10-13-36-27/h5,8-10,12-17,19,24H,1-4,6-7,11H2,(H,32,35)/t17?,19?,24-/m1/s1. The highest BCUT2D eigenvalue weighted by molar-refractivity contribution is 6.01. The maximum atomic E-state index is 14.5. The second kappa shape index (κ2) is 9.37. The number of nitrogens with zero attached hydrogens (tertiary/aromatic N) is 4. The number of carbonyl (C=O) groups is 1. The molecule has 4 heterocycles. The third kappa shape index (κ3) is 4.23.